The molecular formula is C20H17N3O4. The molecule has 1 fully saturated rings. The lowest BCUT2D eigenvalue weighted by atomic mass is 9.84. The van der Waals surface area contributed by atoms with Gasteiger partial charge in [-0.2, -0.15) is 5.26 Å². The molecule has 7 heteroatoms. The molecule has 2 aliphatic heterocycles. The Morgan fingerprint density at radius 2 is 1.96 bits per heavy atom. The number of nitriles is 1. The van der Waals surface area contributed by atoms with Gasteiger partial charge in [0.1, 0.15) is 18.1 Å². The van der Waals surface area contributed by atoms with E-state index in [-0.39, 0.29) is 19.1 Å². The molecule has 1 spiro atoms. The predicted molar refractivity (Wildman–Crippen MR) is 95.1 cm³/mol. The van der Waals surface area contributed by atoms with E-state index in [0.717, 1.165) is 0 Å². The second-order valence-corrected chi connectivity index (χ2v) is 6.37. The fourth-order valence-corrected chi connectivity index (χ4v) is 3.46. The van der Waals surface area contributed by atoms with Crippen molar-refractivity contribution in [1.29, 1.82) is 5.26 Å². The van der Waals surface area contributed by atoms with Crippen LogP contribution in [0.2, 0.25) is 0 Å². The number of hydrogen-bond acceptors (Lipinski definition) is 5. The van der Waals surface area contributed by atoms with E-state index in [2.05, 4.69) is 5.32 Å². The minimum Gasteiger partial charge on any atom is -0.493 e. The smallest absolute Gasteiger partial charge is 0.325 e. The highest BCUT2D eigenvalue weighted by molar-refractivity contribution is 6.08. The van der Waals surface area contributed by atoms with Crippen molar-refractivity contribution in [3.8, 4) is 17.6 Å². The van der Waals surface area contributed by atoms with Gasteiger partial charge in [0, 0.05) is 12.0 Å². The first-order valence-electron chi connectivity index (χ1n) is 8.63. The number of amides is 3. The van der Waals surface area contributed by atoms with Gasteiger partial charge in [0.15, 0.2) is 5.54 Å². The number of hydrogen-bond donors (Lipinski definition) is 1. The van der Waals surface area contributed by atoms with Crippen molar-refractivity contribution in [1.82, 2.24) is 10.2 Å². The maximum Gasteiger partial charge on any atom is 0.325 e. The van der Waals surface area contributed by atoms with Gasteiger partial charge in [-0.25, -0.2) is 4.79 Å². The molecular weight excluding hydrogens is 346 g/mol. The lowest BCUT2D eigenvalue weighted by molar-refractivity contribution is -0.132. The topological polar surface area (TPSA) is 91.7 Å². The van der Waals surface area contributed by atoms with E-state index < -0.39 is 11.6 Å². The van der Waals surface area contributed by atoms with Crippen LogP contribution in [-0.4, -0.2) is 36.6 Å². The number of imide groups is 1. The Labute approximate surface area is 156 Å². The normalized spacial score (nSPS) is 20.6. The van der Waals surface area contributed by atoms with Crippen molar-refractivity contribution < 1.29 is 19.1 Å². The summed E-state index contributed by atoms with van der Waals surface area (Å²) in [6.45, 7) is 0.660. The molecule has 2 aliphatic rings. The Hall–Kier alpha value is -3.53. The minimum atomic E-state index is -1.07. The number of nitrogens with zero attached hydrogens (tertiary/aromatic N) is 2. The van der Waals surface area contributed by atoms with Gasteiger partial charge in [0.05, 0.1) is 24.8 Å². The zero-order valence-electron chi connectivity index (χ0n) is 14.5. The number of carbonyl (C=O) groups is 2. The van der Waals surface area contributed by atoms with Gasteiger partial charge in [0.2, 0.25) is 0 Å². The molecule has 1 saturated heterocycles. The third-order valence-corrected chi connectivity index (χ3v) is 4.82. The number of nitrogens with one attached hydrogen (secondary N) is 1. The summed E-state index contributed by atoms with van der Waals surface area (Å²) in [5.74, 6) is 0.909. The molecule has 0 bridgehead atoms. The minimum absolute atomic E-state index is 0.134. The van der Waals surface area contributed by atoms with Gasteiger partial charge >= 0.3 is 6.03 Å². The number of para-hydroxylation sites is 1. The monoisotopic (exact) mass is 363 g/mol. The van der Waals surface area contributed by atoms with Crippen molar-refractivity contribution >= 4 is 11.9 Å². The van der Waals surface area contributed by atoms with Crippen LogP contribution in [0, 0.1) is 11.3 Å². The van der Waals surface area contributed by atoms with Gasteiger partial charge in [-0.05, 0) is 30.3 Å². The van der Waals surface area contributed by atoms with Gasteiger partial charge in [-0.15, -0.1) is 0 Å². The number of fused-ring (bicyclic) bond motifs is 2. The molecule has 0 unspecified atom stereocenters. The third-order valence-electron chi connectivity index (χ3n) is 4.82. The largest absolute Gasteiger partial charge is 0.493 e. The molecule has 3 amide bonds. The second-order valence-electron chi connectivity index (χ2n) is 6.37. The molecule has 4 rings (SSSR count). The summed E-state index contributed by atoms with van der Waals surface area (Å²) < 4.78 is 11.2. The van der Waals surface area contributed by atoms with Crippen LogP contribution in [0.15, 0.2) is 48.5 Å². The van der Waals surface area contributed by atoms with Crippen LogP contribution in [0.1, 0.15) is 17.5 Å². The third kappa shape index (κ3) is 2.85. The highest BCUT2D eigenvalue weighted by Crippen LogP contribution is 2.40. The average Bonchev–Trinajstić information content (AvgIpc) is 2.93. The Morgan fingerprint density at radius 1 is 1.19 bits per heavy atom. The number of ether oxygens (including phenoxy) is 2. The Bertz CT molecular complexity index is 935. The van der Waals surface area contributed by atoms with Gasteiger partial charge in [0.25, 0.3) is 5.91 Å². The van der Waals surface area contributed by atoms with Gasteiger partial charge in [-0.1, -0.05) is 18.2 Å². The predicted octanol–water partition coefficient (Wildman–Crippen LogP) is 2.17. The molecule has 7 nitrogen and oxygen atoms in total. The molecule has 136 valence electrons. The molecule has 0 saturated carbocycles. The molecule has 0 aromatic heterocycles. The summed E-state index contributed by atoms with van der Waals surface area (Å²) in [6, 6.07) is 15.5. The molecule has 0 aliphatic carbocycles. The van der Waals surface area contributed by atoms with Crippen molar-refractivity contribution in [3.63, 3.8) is 0 Å². The second kappa shape index (κ2) is 6.65. The van der Waals surface area contributed by atoms with E-state index >= 15 is 0 Å². The van der Waals surface area contributed by atoms with Crippen LogP contribution in [0.3, 0.4) is 0 Å². The molecule has 2 aromatic carbocycles. The Morgan fingerprint density at radius 3 is 2.74 bits per heavy atom. The van der Waals surface area contributed by atoms with E-state index in [1.807, 2.05) is 24.3 Å². The van der Waals surface area contributed by atoms with E-state index in [0.29, 0.717) is 35.7 Å². The first kappa shape index (κ1) is 16.9. The summed E-state index contributed by atoms with van der Waals surface area (Å²) in [5.41, 5.74) is 0.155. The van der Waals surface area contributed by atoms with Gasteiger partial charge < -0.3 is 14.8 Å². The fourth-order valence-electron chi connectivity index (χ4n) is 3.46. The molecule has 0 radical (unpaired) electrons. The van der Waals surface area contributed by atoms with E-state index in [9.17, 15) is 9.59 Å². The number of benzene rings is 2. The Kier molecular flexibility index (Phi) is 4.16. The maximum atomic E-state index is 13.1. The SMILES string of the molecule is N#Cc1ccc(OCCN2C(=O)N[C@@]3(CCOc4ccccc43)C2=O)cc1. The summed E-state index contributed by atoms with van der Waals surface area (Å²) in [4.78, 5) is 26.7. The summed E-state index contributed by atoms with van der Waals surface area (Å²) in [7, 11) is 0. The summed E-state index contributed by atoms with van der Waals surface area (Å²) in [5, 5.41) is 11.7. The molecule has 27 heavy (non-hydrogen) atoms. The van der Waals surface area contributed by atoms with E-state index in [1.165, 1.54) is 4.90 Å². The summed E-state index contributed by atoms with van der Waals surface area (Å²) >= 11 is 0. The van der Waals surface area contributed by atoms with Crippen LogP contribution in [0.4, 0.5) is 4.79 Å². The van der Waals surface area contributed by atoms with Crippen molar-refractivity contribution in [2.45, 2.75) is 12.0 Å². The lowest BCUT2D eigenvalue weighted by Gasteiger charge is -2.33. The molecule has 2 aromatic rings. The zero-order chi connectivity index (χ0) is 18.9. The van der Waals surface area contributed by atoms with Crippen LogP contribution in [0.5, 0.6) is 11.5 Å². The molecule has 1 atom stereocenters. The first-order chi connectivity index (χ1) is 13.1. The van der Waals surface area contributed by atoms with Crippen LogP contribution >= 0.6 is 0 Å². The van der Waals surface area contributed by atoms with Crippen molar-refractivity contribution in [2.75, 3.05) is 19.8 Å². The van der Waals surface area contributed by atoms with E-state index in [1.54, 1.807) is 30.3 Å². The highest BCUT2D eigenvalue weighted by Gasteiger charge is 2.54. The van der Waals surface area contributed by atoms with Crippen LogP contribution < -0.4 is 14.8 Å². The van der Waals surface area contributed by atoms with Crippen molar-refractivity contribution in [2.24, 2.45) is 0 Å². The molecule has 1 N–H and O–H groups in total. The standard InChI is InChI=1S/C20H17N3O4/c21-13-14-5-7-15(8-6-14)26-12-10-23-18(24)20(22-19(23)25)9-11-27-17-4-2-1-3-16(17)20/h1-8H,9-12H2,(H,22,25)/t20-/m1/s1. The lowest BCUT2D eigenvalue weighted by Crippen LogP contribution is -2.47. The zero-order valence-corrected chi connectivity index (χ0v) is 14.5. The number of carbonyl (C=O) groups excluding carboxylic acids is 2. The first-order valence-corrected chi connectivity index (χ1v) is 8.63. The van der Waals surface area contributed by atoms with Crippen LogP contribution in [-0.2, 0) is 10.3 Å². The quantitative estimate of drug-likeness (QED) is 0.841. The fraction of sp³-hybridized carbons (Fsp3) is 0.250. The Balaban J connectivity index is 1.47. The van der Waals surface area contributed by atoms with Crippen molar-refractivity contribution in [3.05, 3.63) is 59.7 Å². The van der Waals surface area contributed by atoms with E-state index in [4.69, 9.17) is 14.7 Å². The molecule has 2 heterocycles. The summed E-state index contributed by atoms with van der Waals surface area (Å²) in [6.07, 6.45) is 0.390. The average molecular weight is 363 g/mol. The maximum absolute atomic E-state index is 13.1. The van der Waals surface area contributed by atoms with Gasteiger partial charge in [-0.3, -0.25) is 9.69 Å². The highest BCUT2D eigenvalue weighted by atomic mass is 16.5. The number of rotatable bonds is 4. The number of urea groups is 1. The van der Waals surface area contributed by atoms with Crippen LogP contribution in [0.25, 0.3) is 0 Å².